The first-order chi connectivity index (χ1) is 10.5. The van der Waals surface area contributed by atoms with E-state index in [1.165, 1.54) is 4.90 Å². The molecular formula is C16H16ClN3O2. The van der Waals surface area contributed by atoms with Crippen molar-refractivity contribution in [3.63, 3.8) is 0 Å². The zero-order valence-corrected chi connectivity index (χ0v) is 13.0. The second-order valence-electron chi connectivity index (χ2n) is 4.87. The quantitative estimate of drug-likeness (QED) is 0.907. The molecule has 2 N–H and O–H groups in total. The van der Waals surface area contributed by atoms with Gasteiger partial charge in [0.2, 0.25) is 0 Å². The zero-order chi connectivity index (χ0) is 16.1. The van der Waals surface area contributed by atoms with Crippen molar-refractivity contribution >= 4 is 34.9 Å². The first-order valence-corrected chi connectivity index (χ1v) is 6.99. The largest absolute Gasteiger partial charge is 0.345 e. The molecule has 0 aliphatic heterocycles. The first-order valence-electron chi connectivity index (χ1n) is 6.61. The molecule has 0 spiro atoms. The number of halogens is 1. The minimum Gasteiger partial charge on any atom is -0.345 e. The number of benzene rings is 2. The van der Waals surface area contributed by atoms with E-state index < -0.39 is 6.03 Å². The first kappa shape index (κ1) is 15.9. The number of hydrogen-bond donors (Lipinski definition) is 2. The van der Waals surface area contributed by atoms with Crippen LogP contribution in [-0.2, 0) is 0 Å². The molecule has 0 bridgehead atoms. The molecule has 2 rings (SSSR count). The van der Waals surface area contributed by atoms with Gasteiger partial charge in [0.05, 0.1) is 0 Å². The highest BCUT2D eigenvalue weighted by Gasteiger charge is 2.09. The summed E-state index contributed by atoms with van der Waals surface area (Å²) in [5.74, 6) is -0.123. The fraction of sp³-hybridized carbons (Fsp3) is 0.125. The van der Waals surface area contributed by atoms with Crippen LogP contribution in [0.5, 0.6) is 0 Å². The van der Waals surface area contributed by atoms with Gasteiger partial charge >= 0.3 is 6.03 Å². The highest BCUT2D eigenvalue weighted by molar-refractivity contribution is 6.30. The van der Waals surface area contributed by atoms with Gasteiger partial charge in [-0.2, -0.15) is 0 Å². The monoisotopic (exact) mass is 317 g/mol. The van der Waals surface area contributed by atoms with E-state index in [0.717, 1.165) is 0 Å². The summed E-state index contributed by atoms with van der Waals surface area (Å²) in [7, 11) is 3.35. The molecule has 0 atom stereocenters. The van der Waals surface area contributed by atoms with Crippen molar-refractivity contribution < 1.29 is 9.59 Å². The predicted molar refractivity (Wildman–Crippen MR) is 88.6 cm³/mol. The fourth-order valence-corrected chi connectivity index (χ4v) is 1.94. The summed E-state index contributed by atoms with van der Waals surface area (Å²) >= 11 is 5.79. The van der Waals surface area contributed by atoms with Crippen LogP contribution < -0.4 is 10.6 Å². The number of nitrogens with one attached hydrogen (secondary N) is 2. The average molecular weight is 318 g/mol. The number of nitrogens with zero attached hydrogens (tertiary/aromatic N) is 1. The molecule has 0 unspecified atom stereocenters. The lowest BCUT2D eigenvalue weighted by Gasteiger charge is -2.12. The molecule has 0 aliphatic rings. The molecule has 0 saturated heterocycles. The second-order valence-corrected chi connectivity index (χ2v) is 5.30. The van der Waals surface area contributed by atoms with Crippen molar-refractivity contribution in [2.75, 3.05) is 24.7 Å². The lowest BCUT2D eigenvalue weighted by molar-refractivity contribution is 0.0827. The van der Waals surface area contributed by atoms with Gasteiger partial charge in [-0.15, -0.1) is 0 Å². The van der Waals surface area contributed by atoms with Crippen LogP contribution in [0.15, 0.2) is 48.5 Å². The maximum Gasteiger partial charge on any atom is 0.323 e. The molecule has 6 heteroatoms. The van der Waals surface area contributed by atoms with Gasteiger partial charge in [-0.05, 0) is 42.5 Å². The highest BCUT2D eigenvalue weighted by Crippen LogP contribution is 2.15. The summed E-state index contributed by atoms with van der Waals surface area (Å²) in [6.45, 7) is 0. The molecule has 3 amide bonds. The molecule has 5 nitrogen and oxygen atoms in total. The van der Waals surface area contributed by atoms with Gasteiger partial charge in [-0.3, -0.25) is 4.79 Å². The second kappa shape index (κ2) is 6.95. The van der Waals surface area contributed by atoms with Crippen LogP contribution >= 0.6 is 11.6 Å². The minimum absolute atomic E-state index is 0.123. The maximum absolute atomic E-state index is 11.9. The van der Waals surface area contributed by atoms with E-state index in [1.807, 2.05) is 0 Å². The molecule has 2 aromatic rings. The van der Waals surface area contributed by atoms with Crippen LogP contribution in [0.4, 0.5) is 16.2 Å². The Morgan fingerprint density at radius 1 is 0.955 bits per heavy atom. The number of hydrogen-bond acceptors (Lipinski definition) is 2. The number of amides is 3. The Morgan fingerprint density at radius 2 is 1.59 bits per heavy atom. The number of rotatable bonds is 3. The SMILES string of the molecule is CN(C)C(=O)c1cccc(NC(=O)Nc2ccc(Cl)cc2)c1. The summed E-state index contributed by atoms with van der Waals surface area (Å²) in [5.41, 5.74) is 1.68. The topological polar surface area (TPSA) is 61.4 Å². The van der Waals surface area contributed by atoms with E-state index in [4.69, 9.17) is 11.6 Å². The third-order valence-corrected chi connectivity index (χ3v) is 3.13. The molecule has 0 radical (unpaired) electrons. The van der Waals surface area contributed by atoms with Crippen LogP contribution in [-0.4, -0.2) is 30.9 Å². The third kappa shape index (κ3) is 4.23. The predicted octanol–water partition coefficient (Wildman–Crippen LogP) is 3.69. The molecule has 0 fully saturated rings. The Morgan fingerprint density at radius 3 is 2.23 bits per heavy atom. The van der Waals surface area contributed by atoms with Crippen LogP contribution in [0, 0.1) is 0 Å². The maximum atomic E-state index is 11.9. The number of carbonyl (C=O) groups is 2. The molecule has 22 heavy (non-hydrogen) atoms. The van der Waals surface area contributed by atoms with Crippen molar-refractivity contribution in [1.82, 2.24) is 4.90 Å². The van der Waals surface area contributed by atoms with Crippen molar-refractivity contribution in [3.8, 4) is 0 Å². The van der Waals surface area contributed by atoms with Crippen LogP contribution in [0.25, 0.3) is 0 Å². The molecule has 0 aromatic heterocycles. The van der Waals surface area contributed by atoms with Crippen molar-refractivity contribution in [2.24, 2.45) is 0 Å². The van der Waals surface area contributed by atoms with Gasteiger partial charge in [0, 0.05) is 36.1 Å². The van der Waals surface area contributed by atoms with Crippen LogP contribution in [0.2, 0.25) is 5.02 Å². The number of carbonyl (C=O) groups excluding carboxylic acids is 2. The van der Waals surface area contributed by atoms with Gasteiger partial charge in [0.1, 0.15) is 0 Å². The Labute approximate surface area is 133 Å². The van der Waals surface area contributed by atoms with Crippen LogP contribution in [0.1, 0.15) is 10.4 Å². The Balaban J connectivity index is 2.04. The van der Waals surface area contributed by atoms with E-state index in [9.17, 15) is 9.59 Å². The van der Waals surface area contributed by atoms with Crippen molar-refractivity contribution in [1.29, 1.82) is 0 Å². The summed E-state index contributed by atoms with van der Waals surface area (Å²) in [4.78, 5) is 25.3. The Bertz CT molecular complexity index is 684. The molecular weight excluding hydrogens is 302 g/mol. The number of anilines is 2. The summed E-state index contributed by atoms with van der Waals surface area (Å²) in [6, 6.07) is 13.1. The summed E-state index contributed by atoms with van der Waals surface area (Å²) in [5, 5.41) is 5.97. The van der Waals surface area contributed by atoms with Crippen molar-refractivity contribution in [2.45, 2.75) is 0 Å². The lowest BCUT2D eigenvalue weighted by Crippen LogP contribution is -2.22. The van der Waals surface area contributed by atoms with Gasteiger partial charge in [0.25, 0.3) is 5.91 Å². The third-order valence-electron chi connectivity index (χ3n) is 2.88. The highest BCUT2D eigenvalue weighted by atomic mass is 35.5. The van der Waals surface area contributed by atoms with E-state index in [1.54, 1.807) is 62.6 Å². The number of urea groups is 1. The fourth-order valence-electron chi connectivity index (χ4n) is 1.81. The van der Waals surface area contributed by atoms with E-state index in [-0.39, 0.29) is 5.91 Å². The normalized spacial score (nSPS) is 9.95. The van der Waals surface area contributed by atoms with E-state index >= 15 is 0 Å². The molecule has 114 valence electrons. The molecule has 0 saturated carbocycles. The molecule has 0 aliphatic carbocycles. The average Bonchev–Trinajstić information content (AvgIpc) is 2.49. The summed E-state index contributed by atoms with van der Waals surface area (Å²) < 4.78 is 0. The molecule has 0 heterocycles. The van der Waals surface area contributed by atoms with E-state index in [0.29, 0.717) is 22.0 Å². The van der Waals surface area contributed by atoms with Crippen LogP contribution in [0.3, 0.4) is 0 Å². The van der Waals surface area contributed by atoms with Gasteiger partial charge in [0.15, 0.2) is 0 Å². The molecule has 2 aromatic carbocycles. The zero-order valence-electron chi connectivity index (χ0n) is 12.3. The Kier molecular flexibility index (Phi) is 5.01. The smallest absolute Gasteiger partial charge is 0.323 e. The van der Waals surface area contributed by atoms with E-state index in [2.05, 4.69) is 10.6 Å². The minimum atomic E-state index is -0.392. The standard InChI is InChI=1S/C16H16ClN3O2/c1-20(2)15(21)11-4-3-5-14(10-11)19-16(22)18-13-8-6-12(17)7-9-13/h3-10H,1-2H3,(H2,18,19,22). The van der Waals surface area contributed by atoms with Gasteiger partial charge < -0.3 is 15.5 Å². The van der Waals surface area contributed by atoms with Gasteiger partial charge in [-0.1, -0.05) is 17.7 Å². The lowest BCUT2D eigenvalue weighted by atomic mass is 10.2. The van der Waals surface area contributed by atoms with Crippen molar-refractivity contribution in [3.05, 3.63) is 59.1 Å². The Hall–Kier alpha value is -2.53. The summed E-state index contributed by atoms with van der Waals surface area (Å²) in [6.07, 6.45) is 0. The van der Waals surface area contributed by atoms with Gasteiger partial charge in [-0.25, -0.2) is 4.79 Å².